The van der Waals surface area contributed by atoms with Crippen molar-refractivity contribution in [1.29, 1.82) is 0 Å². The summed E-state index contributed by atoms with van der Waals surface area (Å²) in [5, 5.41) is 0.403. The molecule has 1 aliphatic heterocycles. The van der Waals surface area contributed by atoms with Crippen molar-refractivity contribution >= 4 is 39.1 Å². The normalized spacial score (nSPS) is 15.6. The molecule has 0 radical (unpaired) electrons. The summed E-state index contributed by atoms with van der Waals surface area (Å²) < 4.78 is 39.9. The molecular weight excluding hydrogens is 426 g/mol. The van der Waals surface area contributed by atoms with E-state index in [1.54, 1.807) is 17.0 Å². The molecule has 2 aromatic rings. The minimum atomic E-state index is -3.78. The van der Waals surface area contributed by atoms with Gasteiger partial charge >= 0.3 is 0 Å². The molecule has 5 nitrogen and oxygen atoms in total. The molecule has 1 fully saturated rings. The van der Waals surface area contributed by atoms with E-state index in [1.807, 2.05) is 0 Å². The summed E-state index contributed by atoms with van der Waals surface area (Å²) in [6.07, 6.45) is 0.800. The maximum Gasteiger partial charge on any atom is 0.244 e. The van der Waals surface area contributed by atoms with Crippen LogP contribution in [0.5, 0.6) is 0 Å². The first-order valence-electron chi connectivity index (χ1n) is 8.75. The van der Waals surface area contributed by atoms with Gasteiger partial charge in [-0.15, -0.1) is 0 Å². The van der Waals surface area contributed by atoms with Gasteiger partial charge in [0.15, 0.2) is 0 Å². The van der Waals surface area contributed by atoms with E-state index < -0.39 is 10.0 Å². The molecule has 3 rings (SSSR count). The first-order valence-corrected chi connectivity index (χ1v) is 10.9. The molecule has 0 N–H and O–H groups in total. The third-order valence-electron chi connectivity index (χ3n) is 4.64. The number of amides is 1. The lowest BCUT2D eigenvalue weighted by Crippen LogP contribution is -2.50. The third kappa shape index (κ3) is 4.84. The van der Waals surface area contributed by atoms with Gasteiger partial charge in [0, 0.05) is 37.6 Å². The minimum absolute atomic E-state index is 0.0299. The molecule has 0 unspecified atom stereocenters. The monoisotopic (exact) mass is 444 g/mol. The second-order valence-corrected chi connectivity index (χ2v) is 9.24. The van der Waals surface area contributed by atoms with E-state index in [1.165, 1.54) is 34.6 Å². The Morgan fingerprint density at radius 2 is 1.64 bits per heavy atom. The van der Waals surface area contributed by atoms with Gasteiger partial charge in [-0.05, 0) is 42.3 Å². The predicted molar refractivity (Wildman–Crippen MR) is 107 cm³/mol. The zero-order chi connectivity index (χ0) is 20.3. The number of benzene rings is 2. The van der Waals surface area contributed by atoms with Crippen LogP contribution in [0.4, 0.5) is 4.39 Å². The Morgan fingerprint density at radius 3 is 2.29 bits per heavy atom. The molecule has 28 heavy (non-hydrogen) atoms. The smallest absolute Gasteiger partial charge is 0.244 e. The Hall–Kier alpha value is -1.67. The fraction of sp³-hybridized carbons (Fsp3) is 0.316. The number of halogens is 3. The second kappa shape index (κ2) is 8.78. The number of aryl methyl sites for hydroxylation is 1. The standard InChI is InChI=1S/C19H19Cl2FN2O3S/c20-15-4-7-17(21)18(13-15)28(26,27)24-11-9-23(10-12-24)19(25)8-3-14-1-5-16(22)6-2-14/h1-2,4-7,13H,3,8-12H2. The third-order valence-corrected chi connectivity index (χ3v) is 7.26. The Kier molecular flexibility index (Phi) is 6.60. The van der Waals surface area contributed by atoms with E-state index >= 15 is 0 Å². The molecule has 9 heteroatoms. The van der Waals surface area contributed by atoms with Crippen LogP contribution in [0.1, 0.15) is 12.0 Å². The molecule has 1 saturated heterocycles. The number of hydrogen-bond donors (Lipinski definition) is 0. The van der Waals surface area contributed by atoms with Gasteiger partial charge in [-0.1, -0.05) is 35.3 Å². The molecule has 2 aromatic carbocycles. The average Bonchev–Trinajstić information content (AvgIpc) is 2.69. The Bertz CT molecular complexity index is 960. The van der Waals surface area contributed by atoms with Crippen LogP contribution in [-0.2, 0) is 21.2 Å². The molecule has 0 spiro atoms. The Morgan fingerprint density at radius 1 is 1.00 bits per heavy atom. The van der Waals surface area contributed by atoms with Crippen LogP contribution >= 0.6 is 23.2 Å². The first kappa shape index (κ1) is 21.0. The lowest BCUT2D eigenvalue weighted by molar-refractivity contribution is -0.132. The summed E-state index contributed by atoms with van der Waals surface area (Å²) in [6.45, 7) is 0.986. The fourth-order valence-corrected chi connectivity index (χ4v) is 5.21. The highest BCUT2D eigenvalue weighted by Crippen LogP contribution is 2.28. The molecule has 0 atom stereocenters. The highest BCUT2D eigenvalue weighted by Gasteiger charge is 2.31. The second-order valence-electron chi connectivity index (χ2n) is 6.49. The van der Waals surface area contributed by atoms with E-state index in [4.69, 9.17) is 23.2 Å². The number of rotatable bonds is 5. The quantitative estimate of drug-likeness (QED) is 0.707. The van der Waals surface area contributed by atoms with Crippen LogP contribution in [0.25, 0.3) is 0 Å². The van der Waals surface area contributed by atoms with E-state index in [0.29, 0.717) is 25.9 Å². The highest BCUT2D eigenvalue weighted by molar-refractivity contribution is 7.89. The van der Waals surface area contributed by atoms with Crippen molar-refractivity contribution < 1.29 is 17.6 Å². The summed E-state index contributed by atoms with van der Waals surface area (Å²) in [5.74, 6) is -0.366. The molecule has 0 aromatic heterocycles. The summed E-state index contributed by atoms with van der Waals surface area (Å²) >= 11 is 11.9. The summed E-state index contributed by atoms with van der Waals surface area (Å²) in [7, 11) is -3.78. The zero-order valence-electron chi connectivity index (χ0n) is 14.9. The van der Waals surface area contributed by atoms with Crippen LogP contribution in [0.2, 0.25) is 10.0 Å². The number of carbonyl (C=O) groups excluding carboxylic acids is 1. The molecule has 1 amide bonds. The van der Waals surface area contributed by atoms with Gasteiger partial charge in [-0.25, -0.2) is 12.8 Å². The van der Waals surface area contributed by atoms with Gasteiger partial charge in [0.05, 0.1) is 5.02 Å². The van der Waals surface area contributed by atoms with Crippen molar-refractivity contribution in [2.24, 2.45) is 0 Å². The molecule has 1 heterocycles. The van der Waals surface area contributed by atoms with Gasteiger partial charge < -0.3 is 4.90 Å². The van der Waals surface area contributed by atoms with Crippen LogP contribution in [0, 0.1) is 5.82 Å². The average molecular weight is 445 g/mol. The number of hydrogen-bond acceptors (Lipinski definition) is 3. The Balaban J connectivity index is 1.58. The Labute approximate surface area is 173 Å². The maximum atomic E-state index is 12.9. The van der Waals surface area contributed by atoms with Gasteiger partial charge in [0.1, 0.15) is 10.7 Å². The van der Waals surface area contributed by atoms with E-state index in [9.17, 15) is 17.6 Å². The molecule has 1 aliphatic rings. The van der Waals surface area contributed by atoms with Gasteiger partial charge in [0.2, 0.25) is 15.9 Å². The lowest BCUT2D eigenvalue weighted by atomic mass is 10.1. The number of piperazine rings is 1. The van der Waals surface area contributed by atoms with Crippen molar-refractivity contribution in [1.82, 2.24) is 9.21 Å². The van der Waals surface area contributed by atoms with Crippen LogP contribution in [0.3, 0.4) is 0 Å². The molecule has 0 bridgehead atoms. The van der Waals surface area contributed by atoms with Crippen LogP contribution in [0.15, 0.2) is 47.4 Å². The van der Waals surface area contributed by atoms with E-state index in [-0.39, 0.29) is 39.8 Å². The van der Waals surface area contributed by atoms with E-state index in [2.05, 4.69) is 0 Å². The van der Waals surface area contributed by atoms with Crippen LogP contribution in [-0.4, -0.2) is 49.7 Å². The van der Waals surface area contributed by atoms with Crippen LogP contribution < -0.4 is 0 Å². The lowest BCUT2D eigenvalue weighted by Gasteiger charge is -2.34. The van der Waals surface area contributed by atoms with Crippen molar-refractivity contribution in [2.45, 2.75) is 17.7 Å². The summed E-state index contributed by atoms with van der Waals surface area (Å²) in [5.41, 5.74) is 0.881. The number of sulfonamides is 1. The largest absolute Gasteiger partial charge is 0.340 e. The fourth-order valence-electron chi connectivity index (χ4n) is 3.05. The maximum absolute atomic E-state index is 12.9. The SMILES string of the molecule is O=C(CCc1ccc(F)cc1)N1CCN(S(=O)(=O)c2cc(Cl)ccc2Cl)CC1. The van der Waals surface area contributed by atoms with E-state index in [0.717, 1.165) is 5.56 Å². The molecular formula is C19H19Cl2FN2O3S. The van der Waals surface area contributed by atoms with Gasteiger partial charge in [-0.2, -0.15) is 4.31 Å². The molecule has 0 saturated carbocycles. The van der Waals surface area contributed by atoms with Gasteiger partial charge in [-0.3, -0.25) is 4.79 Å². The number of nitrogens with zero attached hydrogens (tertiary/aromatic N) is 2. The molecule has 150 valence electrons. The summed E-state index contributed by atoms with van der Waals surface area (Å²) in [4.78, 5) is 14.0. The van der Waals surface area contributed by atoms with Gasteiger partial charge in [0.25, 0.3) is 0 Å². The first-order chi connectivity index (χ1) is 13.3. The topological polar surface area (TPSA) is 57.7 Å². The molecule has 0 aliphatic carbocycles. The zero-order valence-corrected chi connectivity index (χ0v) is 17.3. The number of carbonyl (C=O) groups is 1. The van der Waals surface area contributed by atoms with Crippen molar-refractivity contribution in [2.75, 3.05) is 26.2 Å². The van der Waals surface area contributed by atoms with Crippen molar-refractivity contribution in [3.8, 4) is 0 Å². The minimum Gasteiger partial charge on any atom is -0.340 e. The predicted octanol–water partition coefficient (Wildman–Crippen LogP) is 3.60. The van der Waals surface area contributed by atoms with Crippen molar-refractivity contribution in [3.05, 3.63) is 63.9 Å². The van der Waals surface area contributed by atoms with Crippen molar-refractivity contribution in [3.63, 3.8) is 0 Å². The highest BCUT2D eigenvalue weighted by atomic mass is 35.5. The summed E-state index contributed by atoms with van der Waals surface area (Å²) in [6, 6.07) is 10.4.